The summed E-state index contributed by atoms with van der Waals surface area (Å²) in [5, 5.41) is 0. The maximum Gasteiger partial charge on any atom is 0.0625 e. The lowest BCUT2D eigenvalue weighted by Gasteiger charge is -2.30. The van der Waals surface area contributed by atoms with Crippen molar-refractivity contribution in [3.63, 3.8) is 0 Å². The van der Waals surface area contributed by atoms with Crippen LogP contribution in [-0.2, 0) is 0 Å². The number of hydrogen-bond acceptors (Lipinski definition) is 4. The Morgan fingerprint density at radius 2 is 1.64 bits per heavy atom. The van der Waals surface area contributed by atoms with E-state index in [0.717, 1.165) is 13.0 Å². The maximum absolute atomic E-state index is 5.19. The smallest absolute Gasteiger partial charge is 0.0625 e. The minimum Gasteiger partial charge on any atom is -0.294 e. The largest absolute Gasteiger partial charge is 0.294 e. The Bertz CT molecular complexity index is 84.4. The van der Waals surface area contributed by atoms with Crippen molar-refractivity contribution >= 4 is 0 Å². The molecule has 0 atom stereocenters. The molecule has 0 aliphatic heterocycles. The Balaban J connectivity index is 3.70. The van der Waals surface area contributed by atoms with E-state index < -0.39 is 0 Å². The van der Waals surface area contributed by atoms with E-state index in [0.29, 0.717) is 6.17 Å². The fraction of sp³-hybridized carbons (Fsp3) is 1.00. The molecule has 0 rings (SSSR count). The average molecular weight is 160 g/mol. The van der Waals surface area contributed by atoms with Gasteiger partial charge in [0.05, 0.1) is 6.17 Å². The highest BCUT2D eigenvalue weighted by molar-refractivity contribution is 4.63. The van der Waals surface area contributed by atoms with Crippen LogP contribution in [0, 0.1) is 0 Å². The van der Waals surface area contributed by atoms with E-state index in [-0.39, 0.29) is 0 Å². The van der Waals surface area contributed by atoms with Crippen molar-refractivity contribution in [3.05, 3.63) is 0 Å². The molecule has 3 N–H and O–H groups in total. The van der Waals surface area contributed by atoms with Crippen LogP contribution in [0.15, 0.2) is 0 Å². The molecule has 4 nitrogen and oxygen atoms in total. The molecular weight excluding hydrogens is 140 g/mol. The summed E-state index contributed by atoms with van der Waals surface area (Å²) in [5.74, 6) is 5.19. The van der Waals surface area contributed by atoms with Gasteiger partial charge in [-0.3, -0.25) is 21.1 Å². The van der Waals surface area contributed by atoms with E-state index in [1.165, 1.54) is 0 Å². The third-order valence-electron chi connectivity index (χ3n) is 1.74. The molecule has 0 spiro atoms. The highest BCUT2D eigenvalue weighted by Crippen LogP contribution is 2.00. The second kappa shape index (κ2) is 5.49. The lowest BCUT2D eigenvalue weighted by atomic mass is 10.3. The highest BCUT2D eigenvalue weighted by Gasteiger charge is 2.11. The molecule has 0 saturated heterocycles. The molecule has 11 heavy (non-hydrogen) atoms. The van der Waals surface area contributed by atoms with Crippen molar-refractivity contribution < 1.29 is 0 Å². The number of hydrazine groups is 1. The van der Waals surface area contributed by atoms with Crippen LogP contribution in [0.25, 0.3) is 0 Å². The van der Waals surface area contributed by atoms with E-state index >= 15 is 0 Å². The highest BCUT2D eigenvalue weighted by atomic mass is 15.3. The van der Waals surface area contributed by atoms with Crippen molar-refractivity contribution in [2.75, 3.05) is 34.7 Å². The summed E-state index contributed by atoms with van der Waals surface area (Å²) in [7, 11) is 8.28. The van der Waals surface area contributed by atoms with Gasteiger partial charge in [0.15, 0.2) is 0 Å². The van der Waals surface area contributed by atoms with Crippen LogP contribution in [0.2, 0.25) is 0 Å². The molecule has 0 saturated carbocycles. The van der Waals surface area contributed by atoms with Gasteiger partial charge in [-0.2, -0.15) is 0 Å². The lowest BCUT2D eigenvalue weighted by molar-refractivity contribution is 0.120. The first-order valence-electron chi connectivity index (χ1n) is 3.86. The predicted octanol–water partition coefficient (Wildman–Crippen LogP) is -0.711. The van der Waals surface area contributed by atoms with Gasteiger partial charge in [0.1, 0.15) is 0 Å². The second-order valence-corrected chi connectivity index (χ2v) is 3.15. The first-order valence-corrected chi connectivity index (χ1v) is 3.86. The van der Waals surface area contributed by atoms with Gasteiger partial charge in [-0.1, -0.05) is 0 Å². The molecule has 0 aromatic carbocycles. The van der Waals surface area contributed by atoms with Crippen LogP contribution >= 0.6 is 0 Å². The normalized spacial score (nSPS) is 12.0. The predicted molar refractivity (Wildman–Crippen MR) is 48.0 cm³/mol. The number of nitrogens with zero attached hydrogens (tertiary/aromatic N) is 2. The maximum atomic E-state index is 5.19. The second-order valence-electron chi connectivity index (χ2n) is 3.15. The summed E-state index contributed by atoms with van der Waals surface area (Å²) in [4.78, 5) is 4.36. The molecule has 0 bridgehead atoms. The summed E-state index contributed by atoms with van der Waals surface area (Å²) in [6, 6.07) is 0. The first kappa shape index (κ1) is 10.8. The van der Waals surface area contributed by atoms with Crippen molar-refractivity contribution in [1.82, 2.24) is 15.2 Å². The van der Waals surface area contributed by atoms with Crippen LogP contribution < -0.4 is 11.3 Å². The van der Waals surface area contributed by atoms with Gasteiger partial charge in [-0.05, 0) is 34.6 Å². The van der Waals surface area contributed by atoms with Crippen LogP contribution in [-0.4, -0.2) is 50.7 Å². The Morgan fingerprint density at radius 1 is 1.18 bits per heavy atom. The molecule has 0 aliphatic rings. The molecule has 0 fully saturated rings. The van der Waals surface area contributed by atoms with Crippen LogP contribution in [0.3, 0.4) is 0 Å². The topological polar surface area (TPSA) is 44.5 Å². The van der Waals surface area contributed by atoms with Crippen molar-refractivity contribution in [2.45, 2.75) is 12.6 Å². The summed E-state index contributed by atoms with van der Waals surface area (Å²) >= 11 is 0. The molecule has 68 valence electrons. The van der Waals surface area contributed by atoms with Crippen molar-refractivity contribution in [2.24, 2.45) is 5.84 Å². The Morgan fingerprint density at radius 3 is 1.91 bits per heavy atom. The fourth-order valence-corrected chi connectivity index (χ4v) is 1.19. The quantitative estimate of drug-likeness (QED) is 0.317. The molecule has 0 aromatic heterocycles. The summed E-state index contributed by atoms with van der Waals surface area (Å²) in [6.45, 7) is 0.848. The number of rotatable bonds is 5. The Kier molecular flexibility index (Phi) is 5.41. The van der Waals surface area contributed by atoms with Gasteiger partial charge in [0, 0.05) is 6.54 Å². The molecule has 0 unspecified atom stereocenters. The third kappa shape index (κ3) is 4.31. The molecule has 0 heterocycles. The van der Waals surface area contributed by atoms with Crippen LogP contribution in [0.1, 0.15) is 6.42 Å². The monoisotopic (exact) mass is 160 g/mol. The fourth-order valence-electron chi connectivity index (χ4n) is 1.19. The van der Waals surface area contributed by atoms with E-state index in [1.807, 2.05) is 0 Å². The standard InChI is InChI=1S/C7H20N4/c1-10(2)7(11(3)4)5-6-9-8/h7,9H,5-6,8H2,1-4H3. The van der Waals surface area contributed by atoms with Gasteiger partial charge in [-0.15, -0.1) is 0 Å². The zero-order valence-electron chi connectivity index (χ0n) is 7.96. The Hall–Kier alpha value is -0.160. The first-order chi connectivity index (χ1) is 5.09. The minimum atomic E-state index is 0.464. The van der Waals surface area contributed by atoms with Crippen molar-refractivity contribution in [1.29, 1.82) is 0 Å². The molecular formula is C7H20N4. The molecule has 0 aliphatic carbocycles. The van der Waals surface area contributed by atoms with E-state index in [9.17, 15) is 0 Å². The van der Waals surface area contributed by atoms with E-state index in [2.05, 4.69) is 43.4 Å². The summed E-state index contributed by atoms with van der Waals surface area (Å²) < 4.78 is 0. The molecule has 4 heteroatoms. The zero-order chi connectivity index (χ0) is 8.85. The number of hydrogen-bond donors (Lipinski definition) is 2. The van der Waals surface area contributed by atoms with Gasteiger partial charge in [-0.25, -0.2) is 0 Å². The van der Waals surface area contributed by atoms with E-state index in [4.69, 9.17) is 5.84 Å². The number of nitrogens with one attached hydrogen (secondary N) is 1. The van der Waals surface area contributed by atoms with Crippen LogP contribution in [0.4, 0.5) is 0 Å². The lowest BCUT2D eigenvalue weighted by Crippen LogP contribution is -2.43. The van der Waals surface area contributed by atoms with Gasteiger partial charge >= 0.3 is 0 Å². The van der Waals surface area contributed by atoms with Gasteiger partial charge < -0.3 is 0 Å². The summed E-state index contributed by atoms with van der Waals surface area (Å²) in [5.41, 5.74) is 2.65. The third-order valence-corrected chi connectivity index (χ3v) is 1.74. The zero-order valence-corrected chi connectivity index (χ0v) is 7.96. The summed E-state index contributed by atoms with van der Waals surface area (Å²) in [6.07, 6.45) is 1.50. The molecule has 0 amide bonds. The van der Waals surface area contributed by atoms with Crippen molar-refractivity contribution in [3.8, 4) is 0 Å². The van der Waals surface area contributed by atoms with Gasteiger partial charge in [0.2, 0.25) is 0 Å². The Labute approximate surface area is 69.3 Å². The number of nitrogens with two attached hydrogens (primary N) is 1. The molecule has 0 radical (unpaired) electrons. The van der Waals surface area contributed by atoms with Crippen LogP contribution in [0.5, 0.6) is 0 Å². The van der Waals surface area contributed by atoms with E-state index in [1.54, 1.807) is 0 Å². The average Bonchev–Trinajstić information content (AvgIpc) is 1.87. The van der Waals surface area contributed by atoms with Gasteiger partial charge in [0.25, 0.3) is 0 Å². The SMILES string of the molecule is CN(C)C(CCNN)N(C)C. The molecule has 0 aromatic rings. The minimum absolute atomic E-state index is 0.464.